The average molecular weight is 303 g/mol. The van der Waals surface area contributed by atoms with E-state index < -0.39 is 5.41 Å². The Morgan fingerprint density at radius 1 is 1.23 bits per heavy atom. The molecule has 1 aromatic carbocycles. The number of amides is 1. The minimum Gasteiger partial charge on any atom is -0.381 e. The quantitative estimate of drug-likeness (QED) is 0.908. The van der Waals surface area contributed by atoms with E-state index in [0.717, 1.165) is 11.1 Å². The van der Waals surface area contributed by atoms with Crippen molar-refractivity contribution in [1.82, 2.24) is 5.32 Å². The van der Waals surface area contributed by atoms with E-state index in [9.17, 15) is 9.59 Å². The molecule has 0 aromatic heterocycles. The van der Waals surface area contributed by atoms with Gasteiger partial charge in [0.15, 0.2) is 5.78 Å². The van der Waals surface area contributed by atoms with Crippen molar-refractivity contribution >= 4 is 11.7 Å². The van der Waals surface area contributed by atoms with Crippen molar-refractivity contribution in [3.8, 4) is 0 Å². The van der Waals surface area contributed by atoms with E-state index in [4.69, 9.17) is 4.74 Å². The van der Waals surface area contributed by atoms with Crippen LogP contribution < -0.4 is 5.32 Å². The normalized spacial score (nSPS) is 17.3. The molecule has 1 saturated heterocycles. The van der Waals surface area contributed by atoms with E-state index in [0.29, 0.717) is 26.1 Å². The lowest BCUT2D eigenvalue weighted by molar-refractivity contribution is -0.133. The standard InChI is InChI=1S/C18H25NO3/c1-13(2)16(20)12-19-17(21)18(8-10-22-11-9-18)15-7-5-4-6-14(15)3/h4-7,13H,8-12H2,1-3H3,(H,19,21). The monoisotopic (exact) mass is 303 g/mol. The van der Waals surface area contributed by atoms with E-state index in [1.807, 2.05) is 45.0 Å². The fraction of sp³-hybridized carbons (Fsp3) is 0.556. The molecule has 1 fully saturated rings. The van der Waals surface area contributed by atoms with Crippen molar-refractivity contribution < 1.29 is 14.3 Å². The minimum atomic E-state index is -0.582. The molecule has 1 aliphatic heterocycles. The fourth-order valence-electron chi connectivity index (χ4n) is 2.99. The van der Waals surface area contributed by atoms with Crippen LogP contribution in [0.2, 0.25) is 0 Å². The van der Waals surface area contributed by atoms with Crippen LogP contribution in [0, 0.1) is 12.8 Å². The Balaban J connectivity index is 2.24. The highest BCUT2D eigenvalue weighted by atomic mass is 16.5. The first-order chi connectivity index (χ1) is 10.5. The van der Waals surface area contributed by atoms with Crippen molar-refractivity contribution in [2.24, 2.45) is 5.92 Å². The summed E-state index contributed by atoms with van der Waals surface area (Å²) in [5.41, 5.74) is 1.57. The highest BCUT2D eigenvalue weighted by Gasteiger charge is 2.42. The van der Waals surface area contributed by atoms with E-state index in [1.165, 1.54) is 0 Å². The number of ketones is 1. The number of hydrogen-bond donors (Lipinski definition) is 1. The number of carbonyl (C=O) groups is 2. The summed E-state index contributed by atoms with van der Waals surface area (Å²) in [6, 6.07) is 7.99. The minimum absolute atomic E-state index is 0.0559. The van der Waals surface area contributed by atoms with Gasteiger partial charge < -0.3 is 10.1 Å². The molecule has 4 heteroatoms. The lowest BCUT2D eigenvalue weighted by atomic mass is 9.71. The Morgan fingerprint density at radius 3 is 2.45 bits per heavy atom. The number of benzene rings is 1. The van der Waals surface area contributed by atoms with Gasteiger partial charge in [-0.05, 0) is 30.9 Å². The number of rotatable bonds is 5. The second kappa shape index (κ2) is 7.05. The second-order valence-electron chi connectivity index (χ2n) is 6.31. The first-order valence-corrected chi connectivity index (χ1v) is 7.92. The van der Waals surface area contributed by atoms with Gasteiger partial charge in [-0.1, -0.05) is 38.1 Å². The van der Waals surface area contributed by atoms with Crippen LogP contribution in [-0.4, -0.2) is 31.4 Å². The summed E-state index contributed by atoms with van der Waals surface area (Å²) in [6.07, 6.45) is 1.30. The van der Waals surface area contributed by atoms with Crippen LogP contribution >= 0.6 is 0 Å². The van der Waals surface area contributed by atoms with Gasteiger partial charge >= 0.3 is 0 Å². The smallest absolute Gasteiger partial charge is 0.231 e. The van der Waals surface area contributed by atoms with Crippen molar-refractivity contribution in [1.29, 1.82) is 0 Å². The van der Waals surface area contributed by atoms with Gasteiger partial charge in [0, 0.05) is 19.1 Å². The Kier molecular flexibility index (Phi) is 5.35. The maximum Gasteiger partial charge on any atom is 0.231 e. The molecule has 1 N–H and O–H groups in total. The van der Waals surface area contributed by atoms with Crippen molar-refractivity contribution in [3.63, 3.8) is 0 Å². The van der Waals surface area contributed by atoms with Gasteiger partial charge in [0.2, 0.25) is 5.91 Å². The van der Waals surface area contributed by atoms with Crippen molar-refractivity contribution in [3.05, 3.63) is 35.4 Å². The van der Waals surface area contributed by atoms with Gasteiger partial charge in [0.05, 0.1) is 12.0 Å². The van der Waals surface area contributed by atoms with Gasteiger partial charge in [-0.3, -0.25) is 9.59 Å². The molecule has 0 unspecified atom stereocenters. The van der Waals surface area contributed by atoms with Crippen LogP contribution in [0.4, 0.5) is 0 Å². The van der Waals surface area contributed by atoms with Crippen molar-refractivity contribution in [2.75, 3.05) is 19.8 Å². The summed E-state index contributed by atoms with van der Waals surface area (Å²) >= 11 is 0. The van der Waals surface area contributed by atoms with Gasteiger partial charge in [-0.2, -0.15) is 0 Å². The van der Waals surface area contributed by atoms with E-state index in [2.05, 4.69) is 5.32 Å². The molecular weight excluding hydrogens is 278 g/mol. The van der Waals surface area contributed by atoms with Gasteiger partial charge in [-0.25, -0.2) is 0 Å². The Hall–Kier alpha value is -1.68. The maximum atomic E-state index is 12.9. The second-order valence-corrected chi connectivity index (χ2v) is 6.31. The summed E-state index contributed by atoms with van der Waals surface area (Å²) < 4.78 is 5.45. The van der Waals surface area contributed by atoms with Crippen LogP contribution in [0.5, 0.6) is 0 Å². The highest BCUT2D eigenvalue weighted by Crippen LogP contribution is 2.36. The number of Topliss-reactive ketones (excluding diaryl/α,β-unsaturated/α-hetero) is 1. The topological polar surface area (TPSA) is 55.4 Å². The first-order valence-electron chi connectivity index (χ1n) is 7.92. The third-order valence-corrected chi connectivity index (χ3v) is 4.51. The predicted molar refractivity (Wildman–Crippen MR) is 85.8 cm³/mol. The lowest BCUT2D eigenvalue weighted by Gasteiger charge is -2.37. The van der Waals surface area contributed by atoms with Gasteiger partial charge in [-0.15, -0.1) is 0 Å². The molecule has 1 heterocycles. The first kappa shape index (κ1) is 16.7. The van der Waals surface area contributed by atoms with Crippen LogP contribution in [0.15, 0.2) is 24.3 Å². The maximum absolute atomic E-state index is 12.9. The number of nitrogens with one attached hydrogen (secondary N) is 1. The van der Waals surface area contributed by atoms with Crippen molar-refractivity contribution in [2.45, 2.75) is 39.0 Å². The van der Waals surface area contributed by atoms with E-state index in [-0.39, 0.29) is 24.2 Å². The number of ether oxygens (including phenoxy) is 1. The summed E-state index contributed by atoms with van der Waals surface area (Å²) in [7, 11) is 0. The van der Waals surface area contributed by atoms with E-state index in [1.54, 1.807) is 0 Å². The summed E-state index contributed by atoms with van der Waals surface area (Å²) in [5.74, 6) is -0.0659. The molecule has 0 atom stereocenters. The van der Waals surface area contributed by atoms with E-state index >= 15 is 0 Å². The predicted octanol–water partition coefficient (Wildman–Crippen LogP) is 2.38. The molecule has 4 nitrogen and oxygen atoms in total. The molecular formula is C18H25NO3. The fourth-order valence-corrected chi connectivity index (χ4v) is 2.99. The summed E-state index contributed by atoms with van der Waals surface area (Å²) in [6.45, 7) is 6.96. The highest BCUT2D eigenvalue weighted by molar-refractivity contribution is 5.93. The lowest BCUT2D eigenvalue weighted by Crippen LogP contribution is -2.49. The third-order valence-electron chi connectivity index (χ3n) is 4.51. The number of hydrogen-bond acceptors (Lipinski definition) is 3. The zero-order valence-corrected chi connectivity index (χ0v) is 13.6. The molecule has 1 amide bonds. The molecule has 0 saturated carbocycles. The molecule has 0 radical (unpaired) electrons. The Bertz CT molecular complexity index is 545. The van der Waals surface area contributed by atoms with Gasteiger partial charge in [0.25, 0.3) is 0 Å². The zero-order chi connectivity index (χ0) is 16.2. The van der Waals surface area contributed by atoms with Crippen LogP contribution in [-0.2, 0) is 19.7 Å². The SMILES string of the molecule is Cc1ccccc1C1(C(=O)NCC(=O)C(C)C)CCOCC1. The molecule has 2 rings (SSSR count). The molecule has 0 bridgehead atoms. The van der Waals surface area contributed by atoms with Crippen LogP contribution in [0.3, 0.4) is 0 Å². The Morgan fingerprint density at radius 2 is 1.86 bits per heavy atom. The van der Waals surface area contributed by atoms with Crippen LogP contribution in [0.1, 0.15) is 37.8 Å². The average Bonchev–Trinajstić information content (AvgIpc) is 2.53. The number of carbonyl (C=O) groups excluding carboxylic acids is 2. The molecule has 0 spiro atoms. The summed E-state index contributed by atoms with van der Waals surface area (Å²) in [4.78, 5) is 24.7. The zero-order valence-electron chi connectivity index (χ0n) is 13.6. The molecule has 0 aliphatic carbocycles. The largest absolute Gasteiger partial charge is 0.381 e. The summed E-state index contributed by atoms with van der Waals surface area (Å²) in [5, 5.41) is 2.86. The van der Waals surface area contributed by atoms with Gasteiger partial charge in [0.1, 0.15) is 0 Å². The molecule has 1 aromatic rings. The third kappa shape index (κ3) is 3.38. The molecule has 1 aliphatic rings. The molecule has 120 valence electrons. The molecule has 22 heavy (non-hydrogen) atoms. The number of aryl methyl sites for hydroxylation is 1. The Labute approximate surface area is 132 Å². The van der Waals surface area contributed by atoms with Crippen LogP contribution in [0.25, 0.3) is 0 Å².